The molecule has 0 radical (unpaired) electrons. The van der Waals surface area contributed by atoms with Crippen molar-refractivity contribution in [3.63, 3.8) is 0 Å². The largest absolute Gasteiger partial charge is 0.493 e. The molecule has 2 aromatic rings. The molecular weight excluding hydrogens is 470 g/mol. The fourth-order valence-corrected chi connectivity index (χ4v) is 5.14. The van der Waals surface area contributed by atoms with Crippen LogP contribution in [0.5, 0.6) is 11.5 Å². The Kier molecular flexibility index (Phi) is 9.00. The zero-order valence-electron chi connectivity index (χ0n) is 20.2. The second-order valence-electron chi connectivity index (χ2n) is 9.12. The Bertz CT molecular complexity index is 967. The van der Waals surface area contributed by atoms with Gasteiger partial charge in [0, 0.05) is 5.56 Å². The predicted molar refractivity (Wildman–Crippen MR) is 123 cm³/mol. The molecule has 35 heavy (non-hydrogen) atoms. The maximum atomic E-state index is 15.2. The van der Waals surface area contributed by atoms with E-state index in [1.165, 1.54) is 25.5 Å². The highest BCUT2D eigenvalue weighted by atomic mass is 19.3. The van der Waals surface area contributed by atoms with Gasteiger partial charge in [0.25, 0.3) is 12.9 Å². The monoisotopic (exact) mass is 502 g/mol. The Hall–Kier alpha value is -2.38. The molecule has 0 saturated heterocycles. The molecule has 1 fully saturated rings. The fourth-order valence-electron chi connectivity index (χ4n) is 5.14. The van der Waals surface area contributed by atoms with Gasteiger partial charge in [-0.2, -0.15) is 8.78 Å². The van der Waals surface area contributed by atoms with E-state index in [9.17, 15) is 17.6 Å². The summed E-state index contributed by atoms with van der Waals surface area (Å²) in [6.45, 7) is 4.72. The Labute approximate surface area is 202 Å². The van der Waals surface area contributed by atoms with Crippen molar-refractivity contribution in [3.8, 4) is 11.5 Å². The van der Waals surface area contributed by atoms with Crippen LogP contribution < -0.4 is 9.47 Å². The van der Waals surface area contributed by atoms with Gasteiger partial charge in [0.1, 0.15) is 11.5 Å². The third-order valence-corrected chi connectivity index (χ3v) is 6.74. The molecule has 8 heteroatoms. The smallest absolute Gasteiger partial charge is 0.427 e. The van der Waals surface area contributed by atoms with Gasteiger partial charge < -0.3 is 9.47 Å². The minimum Gasteiger partial charge on any atom is -0.493 e. The van der Waals surface area contributed by atoms with Crippen LogP contribution in [-0.2, 0) is 6.11 Å². The van der Waals surface area contributed by atoms with E-state index in [2.05, 4.69) is 6.92 Å². The summed E-state index contributed by atoms with van der Waals surface area (Å²) in [6.07, 6.45) is -4.56. The van der Waals surface area contributed by atoms with Crippen LogP contribution in [-0.4, -0.2) is 6.61 Å². The summed E-state index contributed by atoms with van der Waals surface area (Å²) in [5, 5.41) is 0. The SMILES string of the molecule is CCCC1CCC(c2ccc(OC(F)(F)c3c(C)cc(OCC)c(C(F)F)c3C(F)F)cc2)CC1. The van der Waals surface area contributed by atoms with Crippen LogP contribution in [0.25, 0.3) is 0 Å². The van der Waals surface area contributed by atoms with Crippen molar-refractivity contribution in [2.45, 2.75) is 84.2 Å². The van der Waals surface area contributed by atoms with Gasteiger partial charge >= 0.3 is 6.11 Å². The zero-order chi connectivity index (χ0) is 25.8. The highest BCUT2D eigenvalue weighted by Crippen LogP contribution is 2.47. The molecule has 2 aromatic carbocycles. The predicted octanol–water partition coefficient (Wildman–Crippen LogP) is 9.47. The average molecular weight is 503 g/mol. The molecule has 0 atom stereocenters. The molecule has 0 aromatic heterocycles. The van der Waals surface area contributed by atoms with E-state index in [0.29, 0.717) is 5.92 Å². The van der Waals surface area contributed by atoms with Gasteiger partial charge in [-0.25, -0.2) is 17.6 Å². The standard InChI is InChI=1S/C27H32F6O2/c1-4-6-17-7-9-18(10-8-17)19-11-13-20(14-12-19)35-27(32,33)24-16(3)15-21(34-5-2)22(25(28)29)23(24)26(30)31/h11-15,17-18,25-26H,4-10H2,1-3H3. The van der Waals surface area contributed by atoms with E-state index in [-0.39, 0.29) is 17.9 Å². The van der Waals surface area contributed by atoms with Gasteiger partial charge in [-0.1, -0.05) is 31.9 Å². The number of hydrogen-bond acceptors (Lipinski definition) is 2. The first-order valence-corrected chi connectivity index (χ1v) is 12.1. The average Bonchev–Trinajstić information content (AvgIpc) is 2.79. The molecule has 0 aliphatic heterocycles. The molecule has 1 aliphatic rings. The number of ether oxygens (including phenoxy) is 2. The van der Waals surface area contributed by atoms with Gasteiger partial charge in [-0.15, -0.1) is 0 Å². The molecular formula is C27H32F6O2. The number of benzene rings is 2. The molecule has 3 rings (SSSR count). The molecule has 0 amide bonds. The molecule has 1 saturated carbocycles. The second kappa shape index (κ2) is 11.6. The maximum absolute atomic E-state index is 15.2. The third-order valence-electron chi connectivity index (χ3n) is 6.74. The highest BCUT2D eigenvalue weighted by Gasteiger charge is 2.44. The van der Waals surface area contributed by atoms with Crippen LogP contribution in [0.2, 0.25) is 0 Å². The number of rotatable bonds is 10. The van der Waals surface area contributed by atoms with Crippen molar-refractivity contribution in [2.75, 3.05) is 6.61 Å². The normalized spacial score (nSPS) is 18.8. The fraction of sp³-hybridized carbons (Fsp3) is 0.556. The Morgan fingerprint density at radius 3 is 2.03 bits per heavy atom. The lowest BCUT2D eigenvalue weighted by Crippen LogP contribution is -2.26. The van der Waals surface area contributed by atoms with E-state index in [1.54, 1.807) is 12.1 Å². The molecule has 1 aliphatic carbocycles. The van der Waals surface area contributed by atoms with Crippen molar-refractivity contribution in [1.29, 1.82) is 0 Å². The molecule has 0 spiro atoms. The van der Waals surface area contributed by atoms with Crippen LogP contribution in [0.3, 0.4) is 0 Å². The van der Waals surface area contributed by atoms with E-state index in [4.69, 9.17) is 9.47 Å². The van der Waals surface area contributed by atoms with E-state index in [1.807, 2.05) is 0 Å². The van der Waals surface area contributed by atoms with Crippen molar-refractivity contribution in [3.05, 3.63) is 58.1 Å². The van der Waals surface area contributed by atoms with Crippen molar-refractivity contribution < 1.29 is 35.8 Å². The summed E-state index contributed by atoms with van der Waals surface area (Å²) in [5.41, 5.74) is -3.25. The molecule has 194 valence electrons. The highest BCUT2D eigenvalue weighted by molar-refractivity contribution is 5.52. The molecule has 2 nitrogen and oxygen atoms in total. The Morgan fingerprint density at radius 1 is 0.914 bits per heavy atom. The quantitative estimate of drug-likeness (QED) is 0.301. The number of alkyl halides is 6. The van der Waals surface area contributed by atoms with Gasteiger partial charge in [0.15, 0.2) is 0 Å². The summed E-state index contributed by atoms with van der Waals surface area (Å²) in [6, 6.07) is 7.10. The first-order valence-electron chi connectivity index (χ1n) is 12.1. The lowest BCUT2D eigenvalue weighted by Gasteiger charge is -2.29. The maximum Gasteiger partial charge on any atom is 0.427 e. The van der Waals surface area contributed by atoms with Crippen molar-refractivity contribution in [1.82, 2.24) is 0 Å². The minimum absolute atomic E-state index is 0.0827. The van der Waals surface area contributed by atoms with Crippen LogP contribution in [0, 0.1) is 12.8 Å². The second-order valence-corrected chi connectivity index (χ2v) is 9.12. The lowest BCUT2D eigenvalue weighted by molar-refractivity contribution is -0.187. The topological polar surface area (TPSA) is 18.5 Å². The zero-order valence-corrected chi connectivity index (χ0v) is 20.2. The molecule has 0 heterocycles. The first-order chi connectivity index (χ1) is 16.6. The summed E-state index contributed by atoms with van der Waals surface area (Å²) in [4.78, 5) is 0. The summed E-state index contributed by atoms with van der Waals surface area (Å²) in [5.74, 6) is 0.306. The Morgan fingerprint density at radius 2 is 1.51 bits per heavy atom. The van der Waals surface area contributed by atoms with E-state index < -0.39 is 41.4 Å². The van der Waals surface area contributed by atoms with Crippen molar-refractivity contribution >= 4 is 0 Å². The molecule has 0 N–H and O–H groups in total. The number of halogens is 6. The van der Waals surface area contributed by atoms with Crippen LogP contribution in [0.4, 0.5) is 26.3 Å². The van der Waals surface area contributed by atoms with Crippen LogP contribution in [0.15, 0.2) is 30.3 Å². The van der Waals surface area contributed by atoms with Gasteiger partial charge in [0.05, 0.1) is 17.7 Å². The third kappa shape index (κ3) is 6.25. The Balaban J connectivity index is 1.87. The van der Waals surface area contributed by atoms with Crippen LogP contribution >= 0.6 is 0 Å². The first kappa shape index (κ1) is 27.2. The summed E-state index contributed by atoms with van der Waals surface area (Å²) in [7, 11) is 0. The van der Waals surface area contributed by atoms with E-state index in [0.717, 1.165) is 56.6 Å². The van der Waals surface area contributed by atoms with Crippen molar-refractivity contribution in [2.24, 2.45) is 5.92 Å². The lowest BCUT2D eigenvalue weighted by atomic mass is 9.77. The van der Waals surface area contributed by atoms with Gasteiger partial charge in [-0.05, 0) is 80.7 Å². The number of hydrogen-bond donors (Lipinski definition) is 0. The molecule has 0 unspecified atom stereocenters. The summed E-state index contributed by atoms with van der Waals surface area (Å²) >= 11 is 0. The summed E-state index contributed by atoms with van der Waals surface area (Å²) < 4.78 is 95.4. The van der Waals surface area contributed by atoms with E-state index >= 15 is 8.78 Å². The minimum atomic E-state index is -4.26. The number of aryl methyl sites for hydroxylation is 1. The van der Waals surface area contributed by atoms with Crippen LogP contribution in [0.1, 0.15) is 99.0 Å². The van der Waals surface area contributed by atoms with Gasteiger partial charge in [-0.3, -0.25) is 0 Å². The van der Waals surface area contributed by atoms with Gasteiger partial charge in [0.2, 0.25) is 0 Å². The molecule has 0 bridgehead atoms.